The van der Waals surface area contributed by atoms with Gasteiger partial charge in [-0.05, 0) is 37.3 Å². The van der Waals surface area contributed by atoms with E-state index < -0.39 is 0 Å². The second-order valence-electron chi connectivity index (χ2n) is 8.86. The minimum absolute atomic E-state index is 0. The number of nitrogens with one attached hydrogen (secondary N) is 1. The molecule has 28 heavy (non-hydrogen) atoms. The number of rotatable bonds is 4. The zero-order valence-corrected chi connectivity index (χ0v) is 19.6. The van der Waals surface area contributed by atoms with Crippen LogP contribution in [-0.4, -0.2) is 68.2 Å². The summed E-state index contributed by atoms with van der Waals surface area (Å²) in [5, 5.41) is 3.61. The summed E-state index contributed by atoms with van der Waals surface area (Å²) in [6.45, 7) is 9.50. The maximum atomic E-state index is 5.38. The molecular weight excluding hydrogens is 463 g/mol. The number of aliphatic imine (C=N–C) groups is 1. The molecule has 0 radical (unpaired) electrons. The molecule has 3 aliphatic heterocycles. The van der Waals surface area contributed by atoms with Crippen LogP contribution in [0.5, 0.6) is 0 Å². The summed E-state index contributed by atoms with van der Waals surface area (Å²) < 4.78 is 5.38. The first-order valence-corrected chi connectivity index (χ1v) is 10.5. The fraction of sp³-hybridized carbons (Fsp3) is 0.682. The van der Waals surface area contributed by atoms with E-state index in [1.54, 1.807) is 0 Å². The van der Waals surface area contributed by atoms with Crippen molar-refractivity contribution < 1.29 is 4.74 Å². The smallest absolute Gasteiger partial charge is 0.193 e. The van der Waals surface area contributed by atoms with Crippen LogP contribution in [0.1, 0.15) is 31.7 Å². The number of ether oxygens (including phenoxy) is 1. The number of hydrogen-bond acceptors (Lipinski definition) is 3. The normalized spacial score (nSPS) is 27.4. The Kier molecular flexibility index (Phi) is 7.61. The molecule has 156 valence electrons. The zero-order valence-electron chi connectivity index (χ0n) is 17.3. The molecule has 2 atom stereocenters. The van der Waals surface area contributed by atoms with Gasteiger partial charge in [0.15, 0.2) is 5.96 Å². The van der Waals surface area contributed by atoms with Gasteiger partial charge in [0.2, 0.25) is 0 Å². The quantitative estimate of drug-likeness (QED) is 0.394. The highest BCUT2D eigenvalue weighted by Crippen LogP contribution is 2.32. The molecule has 1 aromatic rings. The third-order valence-corrected chi connectivity index (χ3v) is 6.50. The summed E-state index contributed by atoms with van der Waals surface area (Å²) in [5.41, 5.74) is 1.71. The first-order valence-electron chi connectivity index (χ1n) is 10.5. The maximum Gasteiger partial charge on any atom is 0.193 e. The molecule has 0 bridgehead atoms. The van der Waals surface area contributed by atoms with Crippen LogP contribution in [0.25, 0.3) is 0 Å². The van der Waals surface area contributed by atoms with Gasteiger partial charge >= 0.3 is 0 Å². The topological polar surface area (TPSA) is 40.1 Å². The third-order valence-electron chi connectivity index (χ3n) is 6.50. The van der Waals surface area contributed by atoms with Crippen molar-refractivity contribution in [1.82, 2.24) is 15.1 Å². The van der Waals surface area contributed by atoms with Crippen molar-refractivity contribution in [2.24, 2.45) is 16.3 Å². The van der Waals surface area contributed by atoms with Gasteiger partial charge in [-0.15, -0.1) is 24.0 Å². The van der Waals surface area contributed by atoms with E-state index in [0.717, 1.165) is 51.3 Å². The van der Waals surface area contributed by atoms with E-state index in [0.29, 0.717) is 6.04 Å². The van der Waals surface area contributed by atoms with E-state index in [4.69, 9.17) is 4.74 Å². The average Bonchev–Trinajstić information content (AvgIpc) is 2.68. The molecule has 1 aromatic carbocycles. The maximum absolute atomic E-state index is 5.38. The Hall–Kier alpha value is -0.860. The minimum Gasteiger partial charge on any atom is -0.380 e. The number of fused-ring (bicyclic) bond motifs is 1. The standard InChI is InChI=1S/C22H34N4O.HI/c1-22(16-27-17-22)15-24-21(23-2)26-12-10-20-19(14-26)9-6-11-25(20)13-18-7-4-3-5-8-18;/h3-5,7-8,19-20H,6,9-17H2,1-2H3,(H,23,24);1H. The van der Waals surface area contributed by atoms with Crippen molar-refractivity contribution in [1.29, 1.82) is 0 Å². The lowest BCUT2D eigenvalue weighted by Crippen LogP contribution is -2.58. The first kappa shape index (κ1) is 21.8. The second-order valence-corrected chi connectivity index (χ2v) is 8.86. The molecule has 6 heteroatoms. The van der Waals surface area contributed by atoms with E-state index in [2.05, 4.69) is 57.4 Å². The number of likely N-dealkylation sites (tertiary alicyclic amines) is 2. The lowest BCUT2D eigenvalue weighted by atomic mass is 9.83. The summed E-state index contributed by atoms with van der Waals surface area (Å²) in [7, 11) is 1.91. The van der Waals surface area contributed by atoms with E-state index in [9.17, 15) is 0 Å². The number of benzene rings is 1. The van der Waals surface area contributed by atoms with Crippen LogP contribution in [0.2, 0.25) is 0 Å². The van der Waals surface area contributed by atoms with Gasteiger partial charge in [-0.25, -0.2) is 0 Å². The Balaban J connectivity index is 0.00000225. The Morgan fingerprint density at radius 2 is 2.00 bits per heavy atom. The monoisotopic (exact) mass is 498 g/mol. The summed E-state index contributed by atoms with van der Waals surface area (Å²) in [6.07, 6.45) is 3.89. The van der Waals surface area contributed by atoms with Crippen LogP contribution in [0, 0.1) is 11.3 Å². The summed E-state index contributed by atoms with van der Waals surface area (Å²) in [5.74, 6) is 1.82. The predicted octanol–water partition coefficient (Wildman–Crippen LogP) is 3.20. The first-order chi connectivity index (χ1) is 13.2. The van der Waals surface area contributed by atoms with E-state index in [1.807, 2.05) is 7.05 Å². The molecule has 3 fully saturated rings. The van der Waals surface area contributed by atoms with Gasteiger partial charge in [-0.3, -0.25) is 9.89 Å². The SMILES string of the molecule is CN=C(NCC1(C)COC1)N1CCC2C(CCCN2Cc2ccccc2)C1.I. The summed E-state index contributed by atoms with van der Waals surface area (Å²) >= 11 is 0. The molecule has 0 spiro atoms. The number of hydrogen-bond donors (Lipinski definition) is 1. The summed E-state index contributed by atoms with van der Waals surface area (Å²) in [6, 6.07) is 11.6. The largest absolute Gasteiger partial charge is 0.380 e. The van der Waals surface area contributed by atoms with E-state index >= 15 is 0 Å². The van der Waals surface area contributed by atoms with Gasteiger partial charge in [0.05, 0.1) is 13.2 Å². The Bertz CT molecular complexity index is 649. The van der Waals surface area contributed by atoms with Gasteiger partial charge in [-0.1, -0.05) is 37.3 Å². The molecule has 0 amide bonds. The van der Waals surface area contributed by atoms with Crippen LogP contribution in [0.3, 0.4) is 0 Å². The van der Waals surface area contributed by atoms with Crippen LogP contribution < -0.4 is 5.32 Å². The fourth-order valence-electron chi connectivity index (χ4n) is 4.89. The molecule has 3 heterocycles. The van der Waals surface area contributed by atoms with E-state index in [1.165, 1.54) is 31.4 Å². The van der Waals surface area contributed by atoms with Crippen molar-refractivity contribution >= 4 is 29.9 Å². The highest BCUT2D eigenvalue weighted by molar-refractivity contribution is 14.0. The molecule has 0 aromatic heterocycles. The number of nitrogens with zero attached hydrogens (tertiary/aromatic N) is 3. The molecule has 1 N–H and O–H groups in total. The molecule has 3 aliphatic rings. The molecule has 0 saturated carbocycles. The third kappa shape index (κ3) is 5.00. The molecule has 3 saturated heterocycles. The number of guanidine groups is 1. The Morgan fingerprint density at radius 1 is 1.21 bits per heavy atom. The van der Waals surface area contributed by atoms with Crippen molar-refractivity contribution in [2.75, 3.05) is 46.4 Å². The van der Waals surface area contributed by atoms with Gasteiger partial charge in [0.25, 0.3) is 0 Å². The van der Waals surface area contributed by atoms with Crippen LogP contribution in [0.4, 0.5) is 0 Å². The van der Waals surface area contributed by atoms with Gasteiger partial charge < -0.3 is 15.0 Å². The second kappa shape index (κ2) is 9.76. The lowest BCUT2D eigenvalue weighted by molar-refractivity contribution is -0.0973. The lowest BCUT2D eigenvalue weighted by Gasteiger charge is -2.48. The molecule has 4 rings (SSSR count). The highest BCUT2D eigenvalue weighted by Gasteiger charge is 2.38. The van der Waals surface area contributed by atoms with Crippen molar-refractivity contribution in [2.45, 2.75) is 38.8 Å². The number of halogens is 1. The van der Waals surface area contributed by atoms with E-state index in [-0.39, 0.29) is 29.4 Å². The summed E-state index contributed by atoms with van der Waals surface area (Å²) in [4.78, 5) is 9.78. The van der Waals surface area contributed by atoms with Crippen molar-refractivity contribution in [3.05, 3.63) is 35.9 Å². The van der Waals surface area contributed by atoms with Crippen molar-refractivity contribution in [3.63, 3.8) is 0 Å². The Morgan fingerprint density at radius 3 is 2.68 bits per heavy atom. The van der Waals surface area contributed by atoms with Crippen LogP contribution in [-0.2, 0) is 11.3 Å². The highest BCUT2D eigenvalue weighted by atomic mass is 127. The average molecular weight is 498 g/mol. The molecule has 0 aliphatic carbocycles. The van der Waals surface area contributed by atoms with Crippen LogP contribution in [0.15, 0.2) is 35.3 Å². The van der Waals surface area contributed by atoms with Crippen molar-refractivity contribution in [3.8, 4) is 0 Å². The Labute approximate surface area is 186 Å². The van der Waals surface area contributed by atoms with Crippen LogP contribution >= 0.6 is 24.0 Å². The molecular formula is C22H35IN4O. The zero-order chi connectivity index (χ0) is 18.7. The van der Waals surface area contributed by atoms with Gasteiger partial charge in [0.1, 0.15) is 0 Å². The van der Waals surface area contributed by atoms with Gasteiger partial charge in [0, 0.05) is 44.7 Å². The van der Waals surface area contributed by atoms with Gasteiger partial charge in [-0.2, -0.15) is 0 Å². The number of piperidine rings is 2. The molecule has 5 nitrogen and oxygen atoms in total. The fourth-order valence-corrected chi connectivity index (χ4v) is 4.89. The molecule has 2 unspecified atom stereocenters. The predicted molar refractivity (Wildman–Crippen MR) is 125 cm³/mol. The minimum atomic E-state index is 0.